The van der Waals surface area contributed by atoms with E-state index in [1.165, 1.54) is 12.1 Å². The number of nitrogens with two attached hydrogens (primary N) is 1. The van der Waals surface area contributed by atoms with E-state index in [1.807, 2.05) is 0 Å². The number of ether oxygens (including phenoxy) is 1. The van der Waals surface area contributed by atoms with Gasteiger partial charge in [-0.1, -0.05) is 0 Å². The van der Waals surface area contributed by atoms with Crippen molar-refractivity contribution in [3.63, 3.8) is 0 Å². The fraction of sp³-hybridized carbons (Fsp3) is 0.615. The maximum absolute atomic E-state index is 10.8. The zero-order chi connectivity index (χ0) is 16.0. The highest BCUT2D eigenvalue weighted by atomic mass is 16.6. The van der Waals surface area contributed by atoms with E-state index in [9.17, 15) is 10.1 Å². The summed E-state index contributed by atoms with van der Waals surface area (Å²) in [7, 11) is 0. The summed E-state index contributed by atoms with van der Waals surface area (Å²) in [4.78, 5) is 16.6. The van der Waals surface area contributed by atoms with Crippen molar-refractivity contribution in [1.82, 2.24) is 9.88 Å². The number of rotatable bonds is 8. The summed E-state index contributed by atoms with van der Waals surface area (Å²) >= 11 is 0. The molecule has 0 aliphatic rings. The first-order valence-corrected chi connectivity index (χ1v) is 6.86. The van der Waals surface area contributed by atoms with Crippen LogP contribution >= 0.6 is 0 Å². The SMILES string of the molecule is CC(C)N(CCOc1cc([N+](=O)[O-])cc(NN)n1)C(C)C. The molecule has 1 heterocycles. The molecular formula is C13H23N5O3. The molecule has 0 aromatic carbocycles. The van der Waals surface area contributed by atoms with E-state index < -0.39 is 4.92 Å². The average Bonchev–Trinajstić information content (AvgIpc) is 2.42. The molecule has 0 unspecified atom stereocenters. The monoisotopic (exact) mass is 297 g/mol. The predicted octanol–water partition coefficient (Wildman–Crippen LogP) is 1.77. The number of nitrogens with zero attached hydrogens (tertiary/aromatic N) is 3. The zero-order valence-electron chi connectivity index (χ0n) is 12.9. The van der Waals surface area contributed by atoms with Crippen molar-refractivity contribution in [2.45, 2.75) is 39.8 Å². The van der Waals surface area contributed by atoms with Crippen molar-refractivity contribution in [1.29, 1.82) is 0 Å². The van der Waals surface area contributed by atoms with Crippen molar-refractivity contribution in [3.8, 4) is 5.88 Å². The van der Waals surface area contributed by atoms with Crippen molar-refractivity contribution in [2.75, 3.05) is 18.6 Å². The molecule has 0 atom stereocenters. The third-order valence-corrected chi connectivity index (χ3v) is 3.07. The number of hydrazine groups is 1. The Kier molecular flexibility index (Phi) is 6.32. The zero-order valence-corrected chi connectivity index (χ0v) is 12.9. The minimum atomic E-state index is -0.510. The molecule has 1 aromatic rings. The maximum Gasteiger partial charge on any atom is 0.278 e. The van der Waals surface area contributed by atoms with Crippen LogP contribution in [0.3, 0.4) is 0 Å². The van der Waals surface area contributed by atoms with Gasteiger partial charge in [-0.25, -0.2) is 5.84 Å². The van der Waals surface area contributed by atoms with Crippen LogP contribution in [0.25, 0.3) is 0 Å². The van der Waals surface area contributed by atoms with Gasteiger partial charge in [0.1, 0.15) is 6.61 Å². The van der Waals surface area contributed by atoms with Crippen LogP contribution in [0.15, 0.2) is 12.1 Å². The molecule has 3 N–H and O–H groups in total. The molecule has 8 nitrogen and oxygen atoms in total. The van der Waals surface area contributed by atoms with Crippen LogP contribution in [0.4, 0.5) is 11.5 Å². The highest BCUT2D eigenvalue weighted by molar-refractivity contribution is 5.47. The maximum atomic E-state index is 10.8. The van der Waals surface area contributed by atoms with E-state index >= 15 is 0 Å². The Balaban J connectivity index is 2.70. The van der Waals surface area contributed by atoms with Crippen LogP contribution in [-0.2, 0) is 0 Å². The molecule has 0 saturated carbocycles. The van der Waals surface area contributed by atoms with Gasteiger partial charge in [0.25, 0.3) is 5.69 Å². The minimum absolute atomic E-state index is 0.113. The van der Waals surface area contributed by atoms with Gasteiger partial charge in [-0.05, 0) is 27.7 Å². The van der Waals surface area contributed by atoms with E-state index in [0.717, 1.165) is 0 Å². The lowest BCUT2D eigenvalue weighted by molar-refractivity contribution is -0.384. The van der Waals surface area contributed by atoms with Gasteiger partial charge >= 0.3 is 0 Å². The molecule has 21 heavy (non-hydrogen) atoms. The van der Waals surface area contributed by atoms with Crippen LogP contribution in [-0.4, -0.2) is 40.0 Å². The van der Waals surface area contributed by atoms with E-state index in [1.54, 1.807) is 0 Å². The summed E-state index contributed by atoms with van der Waals surface area (Å²) in [6.45, 7) is 9.56. The average molecular weight is 297 g/mol. The Hall–Kier alpha value is -1.93. The molecule has 0 bridgehead atoms. The molecule has 0 saturated heterocycles. The van der Waals surface area contributed by atoms with E-state index in [-0.39, 0.29) is 17.4 Å². The Labute approximate surface area is 124 Å². The summed E-state index contributed by atoms with van der Waals surface area (Å²) in [5, 5.41) is 10.8. The summed E-state index contributed by atoms with van der Waals surface area (Å²) < 4.78 is 5.52. The van der Waals surface area contributed by atoms with Crippen molar-refractivity contribution < 1.29 is 9.66 Å². The summed E-state index contributed by atoms with van der Waals surface area (Å²) in [5.74, 6) is 5.63. The van der Waals surface area contributed by atoms with Crippen LogP contribution in [0.2, 0.25) is 0 Å². The van der Waals surface area contributed by atoms with Gasteiger partial charge in [-0.2, -0.15) is 4.98 Å². The quantitative estimate of drug-likeness (QED) is 0.428. The van der Waals surface area contributed by atoms with Gasteiger partial charge in [0.15, 0.2) is 5.82 Å². The summed E-state index contributed by atoms with van der Waals surface area (Å²) in [5.41, 5.74) is 2.18. The molecule has 0 amide bonds. The number of hydrogen-bond acceptors (Lipinski definition) is 7. The Bertz CT molecular complexity index is 471. The van der Waals surface area contributed by atoms with Gasteiger partial charge < -0.3 is 10.2 Å². The first-order chi connectivity index (χ1) is 9.85. The number of nitro groups is 1. The third-order valence-electron chi connectivity index (χ3n) is 3.07. The second-order valence-electron chi connectivity index (χ2n) is 5.22. The predicted molar refractivity (Wildman–Crippen MR) is 81.2 cm³/mol. The third kappa shape index (κ3) is 5.16. The van der Waals surface area contributed by atoms with Gasteiger partial charge in [-0.15, -0.1) is 0 Å². The fourth-order valence-electron chi connectivity index (χ4n) is 2.11. The molecule has 1 aromatic heterocycles. The second-order valence-corrected chi connectivity index (χ2v) is 5.22. The van der Waals surface area contributed by atoms with Crippen LogP contribution in [0, 0.1) is 10.1 Å². The summed E-state index contributed by atoms with van der Waals surface area (Å²) in [6, 6.07) is 3.33. The number of pyridine rings is 1. The standard InChI is InChI=1S/C13H23N5O3/c1-9(2)17(10(3)4)5-6-21-13-8-11(18(19)20)7-12(15-13)16-14/h7-10H,5-6,14H2,1-4H3,(H,15,16). The largest absolute Gasteiger partial charge is 0.476 e. The van der Waals surface area contributed by atoms with Crippen LogP contribution in [0.1, 0.15) is 27.7 Å². The molecule has 0 spiro atoms. The van der Waals surface area contributed by atoms with E-state index in [2.05, 4.69) is 43.0 Å². The van der Waals surface area contributed by atoms with Crippen molar-refractivity contribution in [3.05, 3.63) is 22.2 Å². The lowest BCUT2D eigenvalue weighted by Crippen LogP contribution is -2.39. The highest BCUT2D eigenvalue weighted by Crippen LogP contribution is 2.21. The second kappa shape index (κ2) is 7.75. The number of aromatic nitrogens is 1. The molecule has 0 radical (unpaired) electrons. The number of hydrogen-bond donors (Lipinski definition) is 2. The number of anilines is 1. The van der Waals surface area contributed by atoms with E-state index in [0.29, 0.717) is 25.2 Å². The summed E-state index contributed by atoms with van der Waals surface area (Å²) in [6.07, 6.45) is 0. The fourth-order valence-corrected chi connectivity index (χ4v) is 2.11. The Morgan fingerprint density at radius 2 is 2.00 bits per heavy atom. The van der Waals surface area contributed by atoms with Gasteiger partial charge in [0, 0.05) is 18.6 Å². The van der Waals surface area contributed by atoms with Crippen molar-refractivity contribution in [2.24, 2.45) is 5.84 Å². The van der Waals surface area contributed by atoms with Gasteiger partial charge in [0.05, 0.1) is 17.1 Å². The first kappa shape index (κ1) is 17.1. The normalized spacial score (nSPS) is 11.2. The lowest BCUT2D eigenvalue weighted by Gasteiger charge is -2.30. The highest BCUT2D eigenvalue weighted by Gasteiger charge is 2.15. The van der Waals surface area contributed by atoms with Gasteiger partial charge in [-0.3, -0.25) is 15.0 Å². The molecule has 1 rings (SSSR count). The molecule has 118 valence electrons. The smallest absolute Gasteiger partial charge is 0.278 e. The van der Waals surface area contributed by atoms with Crippen LogP contribution in [0.5, 0.6) is 5.88 Å². The first-order valence-electron chi connectivity index (χ1n) is 6.86. The lowest BCUT2D eigenvalue weighted by atomic mass is 10.2. The number of nitrogens with one attached hydrogen (secondary N) is 1. The minimum Gasteiger partial charge on any atom is -0.476 e. The Morgan fingerprint density at radius 1 is 1.38 bits per heavy atom. The molecule has 0 aliphatic heterocycles. The number of nitrogen functional groups attached to an aromatic ring is 1. The van der Waals surface area contributed by atoms with Gasteiger partial charge in [0.2, 0.25) is 5.88 Å². The topological polar surface area (TPSA) is 107 Å². The van der Waals surface area contributed by atoms with Crippen LogP contribution < -0.4 is 16.0 Å². The van der Waals surface area contributed by atoms with Crippen molar-refractivity contribution >= 4 is 11.5 Å². The molecule has 8 heteroatoms. The molecule has 0 fully saturated rings. The molecule has 0 aliphatic carbocycles. The molecular weight excluding hydrogens is 274 g/mol. The Morgan fingerprint density at radius 3 is 2.48 bits per heavy atom. The van der Waals surface area contributed by atoms with E-state index in [4.69, 9.17) is 10.6 Å².